The molecule has 8 heteroatoms. The molecule has 1 heterocycles. The zero-order chi connectivity index (χ0) is 18.7. The van der Waals surface area contributed by atoms with Crippen LogP contribution in [0.5, 0.6) is 11.5 Å². The number of nitro benzene ring substituents is 1. The van der Waals surface area contributed by atoms with Crippen molar-refractivity contribution in [3.63, 3.8) is 0 Å². The van der Waals surface area contributed by atoms with Gasteiger partial charge in [0.05, 0.1) is 19.1 Å². The SMILES string of the molecule is COc1cc(OC)cc([C@@H]2SCCN2C(=O)c2cccc([N+](=O)[O-])c2)c1. The van der Waals surface area contributed by atoms with Crippen LogP contribution in [0.15, 0.2) is 42.5 Å². The smallest absolute Gasteiger partial charge is 0.270 e. The molecule has 136 valence electrons. The number of nitrogens with zero attached hydrogens (tertiary/aromatic N) is 2. The molecular formula is C18H18N2O5S. The fraction of sp³-hybridized carbons (Fsp3) is 0.278. The first-order chi connectivity index (χ1) is 12.5. The van der Waals surface area contributed by atoms with E-state index in [1.807, 2.05) is 12.1 Å². The van der Waals surface area contributed by atoms with E-state index in [4.69, 9.17) is 9.47 Å². The number of hydrogen-bond donors (Lipinski definition) is 0. The molecule has 7 nitrogen and oxygen atoms in total. The number of ether oxygens (including phenoxy) is 2. The van der Waals surface area contributed by atoms with Crippen LogP contribution in [0.3, 0.4) is 0 Å². The molecular weight excluding hydrogens is 356 g/mol. The Hall–Kier alpha value is -2.74. The molecule has 0 spiro atoms. The Morgan fingerprint density at radius 1 is 1.19 bits per heavy atom. The summed E-state index contributed by atoms with van der Waals surface area (Å²) in [5.41, 5.74) is 1.10. The zero-order valence-electron chi connectivity index (χ0n) is 14.4. The summed E-state index contributed by atoms with van der Waals surface area (Å²) in [6, 6.07) is 11.3. The van der Waals surface area contributed by atoms with E-state index in [0.717, 1.165) is 11.3 Å². The Morgan fingerprint density at radius 2 is 1.88 bits per heavy atom. The minimum Gasteiger partial charge on any atom is -0.497 e. The molecule has 1 aliphatic heterocycles. The molecule has 0 saturated carbocycles. The van der Waals surface area contributed by atoms with Crippen molar-refractivity contribution < 1.29 is 19.2 Å². The summed E-state index contributed by atoms with van der Waals surface area (Å²) in [5.74, 6) is 1.85. The van der Waals surface area contributed by atoms with Crippen LogP contribution < -0.4 is 9.47 Å². The number of non-ortho nitro benzene ring substituents is 1. The van der Waals surface area contributed by atoms with Gasteiger partial charge in [-0.2, -0.15) is 0 Å². The summed E-state index contributed by atoms with van der Waals surface area (Å²) in [5, 5.41) is 10.8. The van der Waals surface area contributed by atoms with Crippen molar-refractivity contribution in [3.05, 3.63) is 63.7 Å². The van der Waals surface area contributed by atoms with Crippen molar-refractivity contribution in [3.8, 4) is 11.5 Å². The van der Waals surface area contributed by atoms with E-state index in [0.29, 0.717) is 23.6 Å². The van der Waals surface area contributed by atoms with E-state index in [-0.39, 0.29) is 17.0 Å². The predicted molar refractivity (Wildman–Crippen MR) is 98.9 cm³/mol. The molecule has 1 fully saturated rings. The molecule has 2 aromatic carbocycles. The van der Waals surface area contributed by atoms with Gasteiger partial charge in [0.25, 0.3) is 11.6 Å². The van der Waals surface area contributed by atoms with Crippen LogP contribution in [0, 0.1) is 10.1 Å². The largest absolute Gasteiger partial charge is 0.497 e. The average molecular weight is 374 g/mol. The molecule has 26 heavy (non-hydrogen) atoms. The lowest BCUT2D eigenvalue weighted by Crippen LogP contribution is -2.30. The number of carbonyl (C=O) groups excluding carboxylic acids is 1. The number of carbonyl (C=O) groups is 1. The Morgan fingerprint density at radius 3 is 2.50 bits per heavy atom. The predicted octanol–water partition coefficient (Wildman–Crippen LogP) is 3.50. The normalized spacial score (nSPS) is 16.4. The summed E-state index contributed by atoms with van der Waals surface area (Å²) >= 11 is 1.64. The highest BCUT2D eigenvalue weighted by Crippen LogP contribution is 2.41. The molecule has 0 bridgehead atoms. The molecule has 0 radical (unpaired) electrons. The first-order valence-electron chi connectivity index (χ1n) is 7.93. The lowest BCUT2D eigenvalue weighted by molar-refractivity contribution is -0.384. The van der Waals surface area contributed by atoms with E-state index in [9.17, 15) is 14.9 Å². The van der Waals surface area contributed by atoms with Gasteiger partial charge >= 0.3 is 0 Å². The van der Waals surface area contributed by atoms with Gasteiger partial charge in [0.1, 0.15) is 16.9 Å². The maximum atomic E-state index is 12.9. The van der Waals surface area contributed by atoms with Crippen LogP contribution in [-0.4, -0.2) is 42.2 Å². The number of hydrogen-bond acceptors (Lipinski definition) is 6. The van der Waals surface area contributed by atoms with Crippen LogP contribution >= 0.6 is 11.8 Å². The summed E-state index contributed by atoms with van der Waals surface area (Å²) in [4.78, 5) is 25.1. The summed E-state index contributed by atoms with van der Waals surface area (Å²) in [7, 11) is 3.15. The quantitative estimate of drug-likeness (QED) is 0.588. The minimum atomic E-state index is -0.500. The maximum absolute atomic E-state index is 12.9. The number of nitro groups is 1. The highest BCUT2D eigenvalue weighted by Gasteiger charge is 2.32. The summed E-state index contributed by atoms with van der Waals surface area (Å²) in [6.07, 6.45) is 0. The molecule has 0 aromatic heterocycles. The second-order valence-electron chi connectivity index (χ2n) is 5.68. The monoisotopic (exact) mass is 374 g/mol. The van der Waals surface area contributed by atoms with E-state index < -0.39 is 4.92 Å². The van der Waals surface area contributed by atoms with Crippen LogP contribution in [0.2, 0.25) is 0 Å². The topological polar surface area (TPSA) is 81.9 Å². The number of thioether (sulfide) groups is 1. The first-order valence-corrected chi connectivity index (χ1v) is 8.98. The molecule has 1 aliphatic rings. The van der Waals surface area contributed by atoms with E-state index in [1.165, 1.54) is 18.2 Å². The van der Waals surface area contributed by atoms with Crippen molar-refractivity contribution in [2.24, 2.45) is 0 Å². The molecule has 0 unspecified atom stereocenters. The Balaban J connectivity index is 1.92. The number of benzene rings is 2. The van der Waals surface area contributed by atoms with E-state index in [1.54, 1.807) is 43.0 Å². The van der Waals surface area contributed by atoms with Gasteiger partial charge in [-0.1, -0.05) is 6.07 Å². The third-order valence-corrected chi connectivity index (χ3v) is 5.38. The highest BCUT2D eigenvalue weighted by atomic mass is 32.2. The molecule has 2 aromatic rings. The zero-order valence-corrected chi connectivity index (χ0v) is 15.2. The first kappa shape index (κ1) is 18.1. The van der Waals surface area contributed by atoms with Gasteiger partial charge in [0.2, 0.25) is 0 Å². The number of methoxy groups -OCH3 is 2. The second-order valence-corrected chi connectivity index (χ2v) is 6.86. The Kier molecular flexibility index (Phi) is 5.32. The third kappa shape index (κ3) is 3.60. The van der Waals surface area contributed by atoms with E-state index >= 15 is 0 Å². The van der Waals surface area contributed by atoms with Gasteiger partial charge in [0.15, 0.2) is 0 Å². The third-order valence-electron chi connectivity index (χ3n) is 4.11. The minimum absolute atomic E-state index is 0.0951. The molecule has 0 N–H and O–H groups in total. The van der Waals surface area contributed by atoms with Crippen molar-refractivity contribution in [2.45, 2.75) is 5.37 Å². The van der Waals surface area contributed by atoms with Crippen molar-refractivity contribution in [1.29, 1.82) is 0 Å². The van der Waals surface area contributed by atoms with E-state index in [2.05, 4.69) is 0 Å². The molecule has 1 atom stereocenters. The second kappa shape index (κ2) is 7.65. The van der Waals surface area contributed by atoms with Gasteiger partial charge in [-0.25, -0.2) is 0 Å². The van der Waals surface area contributed by atoms with Gasteiger partial charge in [-0.3, -0.25) is 14.9 Å². The number of rotatable bonds is 5. The maximum Gasteiger partial charge on any atom is 0.270 e. The van der Waals surface area contributed by atoms with Gasteiger partial charge in [0, 0.05) is 36.1 Å². The lowest BCUT2D eigenvalue weighted by Gasteiger charge is -2.25. The molecule has 1 amide bonds. The van der Waals surface area contributed by atoms with Crippen molar-refractivity contribution in [2.75, 3.05) is 26.5 Å². The van der Waals surface area contributed by atoms with Crippen LogP contribution in [-0.2, 0) is 0 Å². The molecule has 3 rings (SSSR count). The van der Waals surface area contributed by atoms with Crippen molar-refractivity contribution in [1.82, 2.24) is 4.90 Å². The highest BCUT2D eigenvalue weighted by molar-refractivity contribution is 7.99. The fourth-order valence-corrected chi connectivity index (χ4v) is 4.08. The molecule has 0 aliphatic carbocycles. The van der Waals surface area contributed by atoms with Crippen LogP contribution in [0.1, 0.15) is 21.3 Å². The van der Waals surface area contributed by atoms with Crippen molar-refractivity contribution >= 4 is 23.4 Å². The fourth-order valence-electron chi connectivity index (χ4n) is 2.84. The standard InChI is InChI=1S/C18H18N2O5S/c1-24-15-9-13(10-16(11-15)25-2)18-19(6-7-26-18)17(21)12-4-3-5-14(8-12)20(22)23/h3-5,8-11,18H,6-7H2,1-2H3/t18-/m0/s1. The average Bonchev–Trinajstić information content (AvgIpc) is 3.16. The number of amides is 1. The Labute approximate surface area is 155 Å². The van der Waals surface area contributed by atoms with Crippen LogP contribution in [0.4, 0.5) is 5.69 Å². The molecule has 1 saturated heterocycles. The van der Waals surface area contributed by atoms with Gasteiger partial charge in [-0.15, -0.1) is 11.8 Å². The van der Waals surface area contributed by atoms with Gasteiger partial charge < -0.3 is 14.4 Å². The lowest BCUT2D eigenvalue weighted by atomic mass is 10.1. The summed E-state index contributed by atoms with van der Waals surface area (Å²) in [6.45, 7) is 0.566. The van der Waals surface area contributed by atoms with Gasteiger partial charge in [-0.05, 0) is 23.8 Å². The van der Waals surface area contributed by atoms with Crippen LogP contribution in [0.25, 0.3) is 0 Å². The summed E-state index contributed by atoms with van der Waals surface area (Å²) < 4.78 is 10.6. The Bertz CT molecular complexity index is 820.